The molecule has 0 radical (unpaired) electrons. The van der Waals surface area contributed by atoms with Crippen molar-refractivity contribution in [3.05, 3.63) is 59.4 Å². The highest BCUT2D eigenvalue weighted by Crippen LogP contribution is 2.33. The maximum Gasteiger partial charge on any atom is 0.292 e. The molecule has 6 rings (SSSR count). The van der Waals surface area contributed by atoms with Crippen molar-refractivity contribution in [3.8, 4) is 11.3 Å². The number of amides is 1. The third-order valence-corrected chi connectivity index (χ3v) is 7.67. The highest BCUT2D eigenvalue weighted by atomic mass is 16.5. The molecule has 0 fully saturated rings. The molecule has 0 aliphatic carbocycles. The average Bonchev–Trinajstić information content (AvgIpc) is 3.61. The van der Waals surface area contributed by atoms with Crippen molar-refractivity contribution in [2.24, 2.45) is 5.73 Å². The predicted octanol–water partition coefficient (Wildman–Crippen LogP) is 2.13. The number of rotatable bonds is 14. The van der Waals surface area contributed by atoms with Crippen LogP contribution < -0.4 is 17.2 Å². The Morgan fingerprint density at radius 3 is 2.56 bits per heavy atom. The van der Waals surface area contributed by atoms with Crippen molar-refractivity contribution in [2.75, 3.05) is 64.2 Å². The molecule has 14 heteroatoms. The van der Waals surface area contributed by atoms with E-state index >= 15 is 0 Å². The molecule has 2 aromatic carbocycles. The van der Waals surface area contributed by atoms with E-state index in [1.165, 1.54) is 11.9 Å². The molecule has 1 amide bonds. The van der Waals surface area contributed by atoms with Gasteiger partial charge in [-0.25, -0.2) is 14.6 Å². The van der Waals surface area contributed by atoms with Crippen molar-refractivity contribution in [1.29, 1.82) is 0 Å². The van der Waals surface area contributed by atoms with Gasteiger partial charge in [-0.15, -0.1) is 0 Å². The standard InChI is InChI=1S/C31H37N9O5/c32-7-10-43-12-14-44-13-11-42-9-6-26(41)39-8-5-21-15-20(1-2-23(21)18-39)17-40-30-27(29(33)35-19-36-30)28(38-40)22-3-4-25-24(16-22)37-31(34)45-25/h1-4,15-16,19H,5-14,17-18,32H2,(H2,34,37)(H2,33,35,36). The summed E-state index contributed by atoms with van der Waals surface area (Å²) in [6.07, 6.45) is 2.56. The van der Waals surface area contributed by atoms with Gasteiger partial charge >= 0.3 is 0 Å². The molecule has 6 N–H and O–H groups in total. The number of benzene rings is 2. The number of aromatic nitrogens is 5. The lowest BCUT2D eigenvalue weighted by Gasteiger charge is -2.29. The molecule has 4 heterocycles. The van der Waals surface area contributed by atoms with E-state index in [2.05, 4.69) is 33.2 Å². The highest BCUT2D eigenvalue weighted by molar-refractivity contribution is 5.99. The summed E-state index contributed by atoms with van der Waals surface area (Å²) in [5.74, 6) is 0.430. The molecule has 45 heavy (non-hydrogen) atoms. The second-order valence-corrected chi connectivity index (χ2v) is 10.7. The molecule has 0 saturated heterocycles. The Kier molecular flexibility index (Phi) is 9.45. The van der Waals surface area contributed by atoms with E-state index in [9.17, 15) is 4.79 Å². The van der Waals surface area contributed by atoms with E-state index in [1.807, 2.05) is 27.8 Å². The van der Waals surface area contributed by atoms with Gasteiger partial charge in [0.05, 0.1) is 58.0 Å². The molecule has 5 aromatic rings. The fraction of sp³-hybridized carbons (Fsp3) is 0.387. The van der Waals surface area contributed by atoms with Gasteiger partial charge in [-0.1, -0.05) is 18.2 Å². The van der Waals surface area contributed by atoms with E-state index in [4.69, 9.17) is 40.9 Å². The van der Waals surface area contributed by atoms with Crippen LogP contribution in [0.1, 0.15) is 23.1 Å². The summed E-state index contributed by atoms with van der Waals surface area (Å²) in [6, 6.07) is 12.0. The van der Waals surface area contributed by atoms with Crippen molar-refractivity contribution >= 4 is 39.9 Å². The molecule has 0 atom stereocenters. The van der Waals surface area contributed by atoms with Gasteiger partial charge in [0.2, 0.25) is 5.91 Å². The summed E-state index contributed by atoms with van der Waals surface area (Å²) in [5.41, 5.74) is 24.2. The zero-order valence-electron chi connectivity index (χ0n) is 25.0. The Hall–Kier alpha value is -4.63. The third kappa shape index (κ3) is 7.04. The topological polar surface area (TPSA) is 196 Å². The lowest BCUT2D eigenvalue weighted by Crippen LogP contribution is -2.36. The number of ether oxygens (including phenoxy) is 3. The Morgan fingerprint density at radius 1 is 0.933 bits per heavy atom. The SMILES string of the molecule is NCCOCCOCCOCCC(=O)N1CCc2cc(Cn3nc(-c4ccc5oc(N)nc5c4)c4c(N)ncnc43)ccc2C1. The molecular weight excluding hydrogens is 578 g/mol. The van der Waals surface area contributed by atoms with Crippen molar-refractivity contribution < 1.29 is 23.4 Å². The van der Waals surface area contributed by atoms with Gasteiger partial charge in [0.1, 0.15) is 23.4 Å². The van der Waals surface area contributed by atoms with E-state index in [0.29, 0.717) is 106 Å². The van der Waals surface area contributed by atoms with Gasteiger partial charge < -0.3 is 40.7 Å². The number of nitrogens with two attached hydrogens (primary N) is 3. The number of oxazole rings is 1. The molecule has 0 spiro atoms. The van der Waals surface area contributed by atoms with Crippen LogP contribution in [0.25, 0.3) is 33.4 Å². The van der Waals surface area contributed by atoms with Gasteiger partial charge in [0, 0.05) is 25.2 Å². The van der Waals surface area contributed by atoms with E-state index < -0.39 is 0 Å². The first-order valence-electron chi connectivity index (χ1n) is 15.0. The highest BCUT2D eigenvalue weighted by Gasteiger charge is 2.22. The maximum atomic E-state index is 12.8. The second kappa shape index (κ2) is 14.0. The van der Waals surface area contributed by atoms with E-state index in [-0.39, 0.29) is 11.9 Å². The number of carbonyl (C=O) groups is 1. The molecule has 0 unspecified atom stereocenters. The molecule has 236 valence electrons. The van der Waals surface area contributed by atoms with Crippen LogP contribution in [-0.4, -0.2) is 88.3 Å². The van der Waals surface area contributed by atoms with Crippen LogP contribution in [0.4, 0.5) is 11.8 Å². The van der Waals surface area contributed by atoms with Gasteiger partial charge in [0.25, 0.3) is 6.01 Å². The van der Waals surface area contributed by atoms with Gasteiger partial charge in [0.15, 0.2) is 11.2 Å². The number of anilines is 2. The van der Waals surface area contributed by atoms with Crippen LogP contribution in [0.15, 0.2) is 47.1 Å². The maximum absolute atomic E-state index is 12.8. The van der Waals surface area contributed by atoms with Crippen molar-refractivity contribution in [2.45, 2.75) is 25.9 Å². The summed E-state index contributed by atoms with van der Waals surface area (Å²) < 4.78 is 23.5. The lowest BCUT2D eigenvalue weighted by molar-refractivity contribution is -0.133. The van der Waals surface area contributed by atoms with Crippen LogP contribution in [-0.2, 0) is 38.5 Å². The quantitative estimate of drug-likeness (QED) is 0.154. The summed E-state index contributed by atoms with van der Waals surface area (Å²) >= 11 is 0. The molecule has 3 aromatic heterocycles. The number of carbonyl (C=O) groups excluding carboxylic acids is 1. The zero-order valence-corrected chi connectivity index (χ0v) is 25.0. The van der Waals surface area contributed by atoms with Gasteiger partial charge in [-0.05, 0) is 41.3 Å². The minimum atomic E-state index is 0.0835. The van der Waals surface area contributed by atoms with Crippen LogP contribution in [0.5, 0.6) is 0 Å². The monoisotopic (exact) mass is 615 g/mol. The minimum absolute atomic E-state index is 0.0835. The Bertz CT molecular complexity index is 1790. The lowest BCUT2D eigenvalue weighted by atomic mass is 9.97. The number of hydrogen-bond acceptors (Lipinski definition) is 12. The molecule has 1 aliphatic heterocycles. The van der Waals surface area contributed by atoms with Crippen LogP contribution in [0.3, 0.4) is 0 Å². The van der Waals surface area contributed by atoms with Crippen molar-refractivity contribution in [3.63, 3.8) is 0 Å². The first kappa shape index (κ1) is 30.4. The summed E-state index contributed by atoms with van der Waals surface area (Å²) in [7, 11) is 0. The second-order valence-electron chi connectivity index (χ2n) is 10.7. The number of nitrogens with zero attached hydrogens (tertiary/aromatic N) is 6. The predicted molar refractivity (Wildman–Crippen MR) is 168 cm³/mol. The minimum Gasteiger partial charge on any atom is -0.424 e. The first-order valence-corrected chi connectivity index (χ1v) is 15.0. The Morgan fingerprint density at radius 2 is 1.73 bits per heavy atom. The fourth-order valence-electron chi connectivity index (χ4n) is 5.47. The Labute approximate surface area is 259 Å². The van der Waals surface area contributed by atoms with Crippen molar-refractivity contribution in [1.82, 2.24) is 29.6 Å². The molecule has 0 saturated carbocycles. The average molecular weight is 616 g/mol. The largest absolute Gasteiger partial charge is 0.424 e. The number of fused-ring (bicyclic) bond motifs is 3. The number of nitrogen functional groups attached to an aromatic ring is 2. The Balaban J connectivity index is 1.07. The summed E-state index contributed by atoms with van der Waals surface area (Å²) in [5, 5.41) is 5.58. The molecule has 14 nitrogen and oxygen atoms in total. The molecular formula is C31H37N9O5. The summed E-state index contributed by atoms with van der Waals surface area (Å²) in [6.45, 7) is 5.03. The van der Waals surface area contributed by atoms with Gasteiger partial charge in [-0.2, -0.15) is 10.1 Å². The van der Waals surface area contributed by atoms with E-state index in [1.54, 1.807) is 0 Å². The third-order valence-electron chi connectivity index (χ3n) is 7.67. The van der Waals surface area contributed by atoms with Crippen LogP contribution >= 0.6 is 0 Å². The van der Waals surface area contributed by atoms with Gasteiger partial charge in [-0.3, -0.25) is 4.79 Å². The van der Waals surface area contributed by atoms with Crippen LogP contribution in [0.2, 0.25) is 0 Å². The first-order chi connectivity index (χ1) is 22.0. The smallest absolute Gasteiger partial charge is 0.292 e. The summed E-state index contributed by atoms with van der Waals surface area (Å²) in [4.78, 5) is 27.7. The zero-order chi connectivity index (χ0) is 31.2. The number of hydrogen-bond donors (Lipinski definition) is 3. The van der Waals surface area contributed by atoms with Crippen LogP contribution in [0, 0.1) is 0 Å². The fourth-order valence-corrected chi connectivity index (χ4v) is 5.47. The van der Waals surface area contributed by atoms with E-state index in [0.717, 1.165) is 23.1 Å². The molecule has 0 bridgehead atoms. The molecule has 1 aliphatic rings. The normalized spacial score (nSPS) is 13.1.